The highest BCUT2D eigenvalue weighted by Gasteiger charge is 2.00. The maximum absolute atomic E-state index is 10.4. The van der Waals surface area contributed by atoms with E-state index in [0.717, 1.165) is 12.3 Å². The number of hydrogen-bond donors (Lipinski definition) is 1. The van der Waals surface area contributed by atoms with Crippen molar-refractivity contribution in [1.29, 1.82) is 0 Å². The molecule has 0 heterocycles. The Bertz CT molecular complexity index is 326. The summed E-state index contributed by atoms with van der Waals surface area (Å²) in [6.45, 7) is 4.62. The molecule has 0 aliphatic carbocycles. The normalized spacial score (nSPS) is 13.0. The smallest absolute Gasteiger partial charge is 0.303 e. The first-order valence-corrected chi connectivity index (χ1v) is 11.0. The number of hydrogen-bond acceptors (Lipinski definition) is 1. The number of carboxylic acid groups (broad SMARTS) is 1. The van der Waals surface area contributed by atoms with E-state index in [1.165, 1.54) is 77.0 Å². The van der Waals surface area contributed by atoms with Crippen molar-refractivity contribution in [1.82, 2.24) is 0 Å². The summed E-state index contributed by atoms with van der Waals surface area (Å²) in [5.41, 5.74) is 0. The summed E-state index contributed by atoms with van der Waals surface area (Å²) in [6, 6.07) is 0. The van der Waals surface area contributed by atoms with Crippen molar-refractivity contribution in [3.8, 4) is 0 Å². The van der Waals surface area contributed by atoms with Crippen molar-refractivity contribution in [3.63, 3.8) is 0 Å². The highest BCUT2D eigenvalue weighted by Crippen LogP contribution is 2.15. The van der Waals surface area contributed by atoms with Crippen LogP contribution in [0.5, 0.6) is 0 Å². The van der Waals surface area contributed by atoms with Crippen LogP contribution >= 0.6 is 11.6 Å². The predicted molar refractivity (Wildman–Crippen MR) is 111 cm³/mol. The monoisotopic (exact) mass is 372 g/mol. The van der Waals surface area contributed by atoms with Crippen LogP contribution in [0.25, 0.3) is 0 Å². The first-order chi connectivity index (χ1) is 12.0. The minimum atomic E-state index is -0.748. The van der Waals surface area contributed by atoms with Gasteiger partial charge in [-0.25, -0.2) is 0 Å². The van der Waals surface area contributed by atoms with E-state index < -0.39 is 5.97 Å². The molecule has 1 unspecified atom stereocenters. The van der Waals surface area contributed by atoms with Gasteiger partial charge in [-0.1, -0.05) is 103 Å². The van der Waals surface area contributed by atoms with Gasteiger partial charge < -0.3 is 5.11 Å². The fraction of sp³-hybridized carbons (Fsp3) is 0.864. The van der Waals surface area contributed by atoms with Crippen LogP contribution in [-0.4, -0.2) is 16.5 Å². The van der Waals surface area contributed by atoms with Gasteiger partial charge >= 0.3 is 5.97 Å². The lowest BCUT2D eigenvalue weighted by Gasteiger charge is -2.05. The zero-order valence-corrected chi connectivity index (χ0v) is 17.4. The maximum Gasteiger partial charge on any atom is 0.303 e. The average Bonchev–Trinajstić information content (AvgIpc) is 2.55. The summed E-state index contributed by atoms with van der Waals surface area (Å²) in [5.74, 6) is 0.115. The Morgan fingerprint density at radius 3 is 1.72 bits per heavy atom. The van der Waals surface area contributed by atoms with Crippen LogP contribution in [0.4, 0.5) is 0 Å². The number of rotatable bonds is 18. The van der Waals surface area contributed by atoms with Gasteiger partial charge in [-0.2, -0.15) is 0 Å². The standard InChI is InChI=1S/C22H41ClO2/c1-20(2)16-12-10-8-6-4-3-5-7-9-11-13-17-21(23)18-14-15-19-22(24)25/h14,18,20-21H,3-13,15-17,19H2,1-2H3,(H,24,25). The molecule has 0 saturated carbocycles. The molecule has 3 heteroatoms. The molecule has 1 atom stereocenters. The number of aliphatic carboxylic acids is 1. The number of carboxylic acids is 1. The van der Waals surface area contributed by atoms with Crippen LogP contribution < -0.4 is 0 Å². The van der Waals surface area contributed by atoms with E-state index in [0.29, 0.717) is 6.42 Å². The van der Waals surface area contributed by atoms with Crippen LogP contribution in [0.2, 0.25) is 0 Å². The van der Waals surface area contributed by atoms with Gasteiger partial charge in [0.15, 0.2) is 0 Å². The van der Waals surface area contributed by atoms with E-state index >= 15 is 0 Å². The molecule has 0 aliphatic heterocycles. The van der Waals surface area contributed by atoms with Crippen LogP contribution in [0.1, 0.15) is 110 Å². The number of halogens is 1. The molecule has 0 aliphatic rings. The molecule has 0 radical (unpaired) electrons. The Kier molecular flexibility index (Phi) is 17.9. The summed E-state index contributed by atoms with van der Waals surface area (Å²) >= 11 is 6.21. The molecular formula is C22H41ClO2. The maximum atomic E-state index is 10.4. The molecule has 0 aromatic rings. The fourth-order valence-electron chi connectivity index (χ4n) is 3.03. The lowest BCUT2D eigenvalue weighted by molar-refractivity contribution is -0.136. The minimum absolute atomic E-state index is 0.0597. The highest BCUT2D eigenvalue weighted by atomic mass is 35.5. The van der Waals surface area contributed by atoms with E-state index in [-0.39, 0.29) is 11.8 Å². The topological polar surface area (TPSA) is 37.3 Å². The quantitative estimate of drug-likeness (QED) is 0.152. The molecule has 0 amide bonds. The van der Waals surface area contributed by atoms with Crippen LogP contribution in [0.15, 0.2) is 12.2 Å². The molecule has 2 nitrogen and oxygen atoms in total. The SMILES string of the molecule is CC(C)CCCCCCCCCCCCCC(Cl)C=CCCC(=O)O. The van der Waals surface area contributed by atoms with Gasteiger partial charge in [0.1, 0.15) is 0 Å². The first-order valence-electron chi connectivity index (χ1n) is 10.5. The number of alkyl halides is 1. The summed E-state index contributed by atoms with van der Waals surface area (Å²) in [7, 11) is 0. The van der Waals surface area contributed by atoms with Crippen molar-refractivity contribution in [2.75, 3.05) is 0 Å². The molecule has 0 bridgehead atoms. The Hall–Kier alpha value is -0.500. The number of allylic oxidation sites excluding steroid dienone is 2. The van der Waals surface area contributed by atoms with Gasteiger partial charge in [0.2, 0.25) is 0 Å². The Labute approximate surface area is 161 Å². The number of carbonyl (C=O) groups is 1. The van der Waals surface area contributed by atoms with E-state index in [4.69, 9.17) is 16.7 Å². The van der Waals surface area contributed by atoms with Crippen molar-refractivity contribution in [2.45, 2.75) is 116 Å². The summed E-state index contributed by atoms with van der Waals surface area (Å²) in [4.78, 5) is 10.4. The lowest BCUT2D eigenvalue weighted by atomic mass is 10.0. The van der Waals surface area contributed by atoms with Crippen molar-refractivity contribution in [2.24, 2.45) is 5.92 Å². The molecule has 0 aromatic heterocycles. The molecule has 148 valence electrons. The second kappa shape index (κ2) is 18.3. The number of unbranched alkanes of at least 4 members (excludes halogenated alkanes) is 10. The summed E-state index contributed by atoms with van der Waals surface area (Å²) in [6.07, 6.45) is 22.0. The second-order valence-electron chi connectivity index (χ2n) is 7.74. The average molecular weight is 373 g/mol. The lowest BCUT2D eigenvalue weighted by Crippen LogP contribution is -1.95. The molecule has 0 rings (SSSR count). The Morgan fingerprint density at radius 2 is 1.28 bits per heavy atom. The Balaban J connectivity index is 3.21. The van der Waals surface area contributed by atoms with Crippen LogP contribution in [0, 0.1) is 5.92 Å². The molecule has 0 saturated heterocycles. The van der Waals surface area contributed by atoms with Gasteiger partial charge in [-0.15, -0.1) is 11.6 Å². The van der Waals surface area contributed by atoms with Gasteiger partial charge in [0.25, 0.3) is 0 Å². The molecule has 0 aromatic carbocycles. The molecule has 25 heavy (non-hydrogen) atoms. The minimum Gasteiger partial charge on any atom is -0.481 e. The zero-order chi connectivity index (χ0) is 18.8. The third-order valence-corrected chi connectivity index (χ3v) is 4.99. The fourth-order valence-corrected chi connectivity index (χ4v) is 3.29. The third-order valence-electron chi connectivity index (χ3n) is 4.63. The van der Waals surface area contributed by atoms with Gasteiger partial charge in [-0.05, 0) is 18.8 Å². The second-order valence-corrected chi connectivity index (χ2v) is 8.30. The zero-order valence-electron chi connectivity index (χ0n) is 16.6. The van der Waals surface area contributed by atoms with Crippen molar-refractivity contribution in [3.05, 3.63) is 12.2 Å². The predicted octanol–water partition coefficient (Wildman–Crippen LogP) is 7.74. The van der Waals surface area contributed by atoms with E-state index in [1.54, 1.807) is 0 Å². The Morgan fingerprint density at radius 1 is 0.840 bits per heavy atom. The largest absolute Gasteiger partial charge is 0.481 e. The molecular weight excluding hydrogens is 332 g/mol. The highest BCUT2D eigenvalue weighted by molar-refractivity contribution is 6.21. The van der Waals surface area contributed by atoms with Crippen molar-refractivity contribution >= 4 is 17.6 Å². The molecule has 0 spiro atoms. The van der Waals surface area contributed by atoms with Crippen LogP contribution in [-0.2, 0) is 4.79 Å². The molecule has 0 fully saturated rings. The third kappa shape index (κ3) is 21.5. The van der Waals surface area contributed by atoms with E-state index in [9.17, 15) is 4.79 Å². The van der Waals surface area contributed by atoms with Gasteiger partial charge in [0, 0.05) is 6.42 Å². The van der Waals surface area contributed by atoms with E-state index in [1.807, 2.05) is 12.2 Å². The summed E-state index contributed by atoms with van der Waals surface area (Å²) < 4.78 is 0. The van der Waals surface area contributed by atoms with E-state index in [2.05, 4.69) is 13.8 Å². The summed E-state index contributed by atoms with van der Waals surface area (Å²) in [5, 5.41) is 8.62. The van der Waals surface area contributed by atoms with Crippen molar-refractivity contribution < 1.29 is 9.90 Å². The molecule has 1 N–H and O–H groups in total. The van der Waals surface area contributed by atoms with Crippen LogP contribution in [0.3, 0.4) is 0 Å². The first kappa shape index (κ1) is 24.5. The van der Waals surface area contributed by atoms with Gasteiger partial charge in [0.05, 0.1) is 5.38 Å². The van der Waals surface area contributed by atoms with Gasteiger partial charge in [-0.3, -0.25) is 4.79 Å².